The van der Waals surface area contributed by atoms with E-state index in [-0.39, 0.29) is 0 Å². The third kappa shape index (κ3) is 1.75. The maximum Gasteiger partial charge on any atom is 0.163 e. The van der Waals surface area contributed by atoms with Crippen molar-refractivity contribution in [2.75, 3.05) is 13.2 Å². The number of furan rings is 1. The Morgan fingerprint density at radius 2 is 1.95 bits per heavy atom. The number of imidazole rings is 1. The monoisotopic (exact) mass is 268 g/mol. The molecule has 0 saturated carbocycles. The van der Waals surface area contributed by atoms with E-state index in [0.717, 1.165) is 28.5 Å². The van der Waals surface area contributed by atoms with Crippen molar-refractivity contribution in [2.45, 2.75) is 0 Å². The first-order chi connectivity index (χ1) is 9.92. The van der Waals surface area contributed by atoms with E-state index in [4.69, 9.17) is 13.9 Å². The first kappa shape index (κ1) is 11.2. The molecule has 1 aliphatic rings. The van der Waals surface area contributed by atoms with E-state index in [2.05, 4.69) is 4.98 Å². The molecule has 0 amide bonds. The number of aromatic nitrogens is 2. The van der Waals surface area contributed by atoms with E-state index in [9.17, 15) is 0 Å². The van der Waals surface area contributed by atoms with Gasteiger partial charge in [-0.15, -0.1) is 0 Å². The van der Waals surface area contributed by atoms with Gasteiger partial charge in [0.2, 0.25) is 0 Å². The van der Waals surface area contributed by atoms with Gasteiger partial charge in [0.05, 0.1) is 18.3 Å². The molecule has 1 aliphatic heterocycles. The molecule has 100 valence electrons. The van der Waals surface area contributed by atoms with Gasteiger partial charge in [-0.05, 0) is 18.2 Å². The predicted octanol–water partition coefficient (Wildman–Crippen LogP) is 2.90. The molecule has 5 heteroatoms. The number of ether oxygens (including phenoxy) is 2. The van der Waals surface area contributed by atoms with Crippen LogP contribution < -0.4 is 9.47 Å². The molecule has 4 rings (SSSR count). The summed E-state index contributed by atoms with van der Waals surface area (Å²) >= 11 is 0. The van der Waals surface area contributed by atoms with E-state index in [1.54, 1.807) is 18.8 Å². The van der Waals surface area contributed by atoms with Gasteiger partial charge in [-0.3, -0.25) is 0 Å². The van der Waals surface area contributed by atoms with Crippen molar-refractivity contribution in [2.24, 2.45) is 0 Å². The summed E-state index contributed by atoms with van der Waals surface area (Å²) < 4.78 is 18.7. The molecule has 0 radical (unpaired) electrons. The van der Waals surface area contributed by atoms with Gasteiger partial charge < -0.3 is 18.5 Å². The van der Waals surface area contributed by atoms with Crippen molar-refractivity contribution in [3.05, 3.63) is 49.2 Å². The molecule has 0 fully saturated rings. The largest absolute Gasteiger partial charge is 0.486 e. The van der Waals surface area contributed by atoms with Gasteiger partial charge in [-0.25, -0.2) is 4.98 Å². The Morgan fingerprint density at radius 3 is 2.65 bits per heavy atom. The first-order valence-electron chi connectivity index (χ1n) is 6.38. The molecule has 20 heavy (non-hydrogen) atoms. The molecule has 0 unspecified atom stereocenters. The van der Waals surface area contributed by atoms with Crippen LogP contribution in [0, 0.1) is 0 Å². The molecule has 1 aromatic carbocycles. The SMILES string of the molecule is c1coc(-c2cc3c(cc2-n2ccnc2)OCCO3)c1. The van der Waals surface area contributed by atoms with Crippen LogP contribution in [0.15, 0.2) is 53.7 Å². The van der Waals surface area contributed by atoms with Crippen LogP contribution in [0.1, 0.15) is 0 Å². The van der Waals surface area contributed by atoms with Gasteiger partial charge in [0.25, 0.3) is 0 Å². The lowest BCUT2D eigenvalue weighted by molar-refractivity contribution is 0.171. The van der Waals surface area contributed by atoms with Crippen LogP contribution in [-0.2, 0) is 0 Å². The smallest absolute Gasteiger partial charge is 0.163 e. The molecule has 3 heterocycles. The van der Waals surface area contributed by atoms with Crippen LogP contribution in [0.5, 0.6) is 11.5 Å². The van der Waals surface area contributed by atoms with Crippen molar-refractivity contribution in [3.8, 4) is 28.5 Å². The first-order valence-corrected chi connectivity index (χ1v) is 6.38. The fourth-order valence-electron chi connectivity index (χ4n) is 2.32. The lowest BCUT2D eigenvalue weighted by atomic mass is 10.1. The summed E-state index contributed by atoms with van der Waals surface area (Å²) in [6.07, 6.45) is 7.03. The van der Waals surface area contributed by atoms with Crippen LogP contribution in [0.2, 0.25) is 0 Å². The average molecular weight is 268 g/mol. The molecular weight excluding hydrogens is 256 g/mol. The number of nitrogens with zero attached hydrogens (tertiary/aromatic N) is 2. The Bertz CT molecular complexity index is 655. The summed E-state index contributed by atoms with van der Waals surface area (Å²) in [6.45, 7) is 1.13. The van der Waals surface area contributed by atoms with Crippen molar-refractivity contribution >= 4 is 0 Å². The van der Waals surface area contributed by atoms with Gasteiger partial charge >= 0.3 is 0 Å². The zero-order valence-electron chi connectivity index (χ0n) is 10.7. The molecular formula is C15H12N2O3. The minimum atomic E-state index is 0.565. The highest BCUT2D eigenvalue weighted by Gasteiger charge is 2.18. The Kier molecular flexibility index (Phi) is 2.48. The predicted molar refractivity (Wildman–Crippen MR) is 72.3 cm³/mol. The van der Waals surface area contributed by atoms with E-state index in [1.807, 2.05) is 35.0 Å². The highest BCUT2D eigenvalue weighted by Crippen LogP contribution is 2.39. The summed E-state index contributed by atoms with van der Waals surface area (Å²) in [5.41, 5.74) is 1.89. The highest BCUT2D eigenvalue weighted by molar-refractivity contribution is 5.73. The van der Waals surface area contributed by atoms with E-state index in [1.165, 1.54) is 0 Å². The number of rotatable bonds is 2. The minimum absolute atomic E-state index is 0.565. The molecule has 0 spiro atoms. The molecule has 2 aromatic heterocycles. The maximum absolute atomic E-state index is 5.65. The van der Waals surface area contributed by atoms with Crippen LogP contribution >= 0.6 is 0 Å². The Morgan fingerprint density at radius 1 is 1.10 bits per heavy atom. The fourth-order valence-corrected chi connectivity index (χ4v) is 2.32. The lowest BCUT2D eigenvalue weighted by Gasteiger charge is -2.21. The van der Waals surface area contributed by atoms with Gasteiger partial charge in [-0.1, -0.05) is 0 Å². The van der Waals surface area contributed by atoms with Gasteiger partial charge in [0.15, 0.2) is 11.5 Å². The normalized spacial score (nSPS) is 13.4. The Labute approximate surface area is 115 Å². The van der Waals surface area contributed by atoms with Gasteiger partial charge in [-0.2, -0.15) is 0 Å². The summed E-state index contributed by atoms with van der Waals surface area (Å²) in [7, 11) is 0. The second-order valence-electron chi connectivity index (χ2n) is 4.46. The number of hydrogen-bond donors (Lipinski definition) is 0. The summed E-state index contributed by atoms with van der Waals surface area (Å²) in [4.78, 5) is 4.09. The highest BCUT2D eigenvalue weighted by atomic mass is 16.6. The molecule has 0 saturated heterocycles. The molecule has 0 bridgehead atoms. The molecule has 0 aliphatic carbocycles. The number of fused-ring (bicyclic) bond motifs is 1. The number of benzene rings is 1. The molecule has 0 atom stereocenters. The van der Waals surface area contributed by atoms with Crippen molar-refractivity contribution in [1.29, 1.82) is 0 Å². The van der Waals surface area contributed by atoms with Crippen molar-refractivity contribution < 1.29 is 13.9 Å². The van der Waals surface area contributed by atoms with Crippen LogP contribution in [-0.4, -0.2) is 22.8 Å². The second-order valence-corrected chi connectivity index (χ2v) is 4.46. The summed E-state index contributed by atoms with van der Waals surface area (Å²) in [5, 5.41) is 0. The summed E-state index contributed by atoms with van der Waals surface area (Å²) in [5.74, 6) is 2.27. The molecule has 0 N–H and O–H groups in total. The Balaban J connectivity index is 1.95. The molecule has 5 nitrogen and oxygen atoms in total. The minimum Gasteiger partial charge on any atom is -0.486 e. The fraction of sp³-hybridized carbons (Fsp3) is 0.133. The van der Waals surface area contributed by atoms with Crippen LogP contribution in [0.4, 0.5) is 0 Å². The Hall–Kier alpha value is -2.69. The third-order valence-corrected chi connectivity index (χ3v) is 3.23. The van der Waals surface area contributed by atoms with E-state index < -0.39 is 0 Å². The molecule has 3 aromatic rings. The van der Waals surface area contributed by atoms with E-state index in [0.29, 0.717) is 13.2 Å². The van der Waals surface area contributed by atoms with Crippen LogP contribution in [0.3, 0.4) is 0 Å². The zero-order valence-corrected chi connectivity index (χ0v) is 10.7. The third-order valence-electron chi connectivity index (χ3n) is 3.23. The standard InChI is InChI=1S/C15H12N2O3/c1-2-13(18-5-1)11-8-14-15(20-7-6-19-14)9-12(11)17-4-3-16-10-17/h1-5,8-10H,6-7H2. The maximum atomic E-state index is 5.65. The van der Waals surface area contributed by atoms with Crippen molar-refractivity contribution in [3.63, 3.8) is 0 Å². The second kappa shape index (κ2) is 4.45. The number of hydrogen-bond acceptors (Lipinski definition) is 4. The average Bonchev–Trinajstić information content (AvgIpc) is 3.19. The van der Waals surface area contributed by atoms with Crippen molar-refractivity contribution in [1.82, 2.24) is 9.55 Å². The quantitative estimate of drug-likeness (QED) is 0.717. The van der Waals surface area contributed by atoms with Crippen LogP contribution in [0.25, 0.3) is 17.0 Å². The van der Waals surface area contributed by atoms with E-state index >= 15 is 0 Å². The summed E-state index contributed by atoms with van der Waals surface area (Å²) in [6, 6.07) is 7.69. The topological polar surface area (TPSA) is 49.4 Å². The van der Waals surface area contributed by atoms with Gasteiger partial charge in [0, 0.05) is 24.0 Å². The zero-order chi connectivity index (χ0) is 13.4. The van der Waals surface area contributed by atoms with Gasteiger partial charge in [0.1, 0.15) is 19.0 Å². The lowest BCUT2D eigenvalue weighted by Crippen LogP contribution is -2.15.